The van der Waals surface area contributed by atoms with Crippen LogP contribution in [0.4, 0.5) is 4.39 Å². The smallest absolute Gasteiger partial charge is 0.243 e. The monoisotopic (exact) mass is 437 g/mol. The number of piperidine rings is 1. The predicted molar refractivity (Wildman–Crippen MR) is 113 cm³/mol. The fourth-order valence-electron chi connectivity index (χ4n) is 5.95. The molecule has 1 aromatic carbocycles. The number of halogens is 1. The van der Waals surface area contributed by atoms with E-state index in [1.54, 1.807) is 0 Å². The second-order valence-corrected chi connectivity index (χ2v) is 11.3. The lowest BCUT2D eigenvalue weighted by atomic mass is 9.75. The summed E-state index contributed by atoms with van der Waals surface area (Å²) < 4.78 is 40.8. The van der Waals surface area contributed by atoms with Crippen LogP contribution < -0.4 is 0 Å². The Balaban J connectivity index is 1.54. The average molecular weight is 438 g/mol. The summed E-state index contributed by atoms with van der Waals surface area (Å²) in [5.41, 5.74) is -0.253. The van der Waals surface area contributed by atoms with Gasteiger partial charge in [-0.25, -0.2) is 12.8 Å². The lowest BCUT2D eigenvalue weighted by Crippen LogP contribution is -2.57. The van der Waals surface area contributed by atoms with Gasteiger partial charge in [0.1, 0.15) is 5.82 Å². The zero-order valence-corrected chi connectivity index (χ0v) is 18.9. The average Bonchev–Trinajstić information content (AvgIpc) is 3.20. The van der Waals surface area contributed by atoms with Crippen molar-refractivity contribution in [2.45, 2.75) is 44.0 Å². The van der Waals surface area contributed by atoms with Gasteiger partial charge in [-0.05, 0) is 49.9 Å². The van der Waals surface area contributed by atoms with Gasteiger partial charge in [0.2, 0.25) is 15.9 Å². The predicted octanol–water partition coefficient (Wildman–Crippen LogP) is 2.42. The Morgan fingerprint density at radius 2 is 1.77 bits per heavy atom. The van der Waals surface area contributed by atoms with E-state index < -0.39 is 15.8 Å². The zero-order chi connectivity index (χ0) is 21.7. The van der Waals surface area contributed by atoms with Crippen molar-refractivity contribution < 1.29 is 17.6 Å². The topological polar surface area (TPSA) is 60.9 Å². The Morgan fingerprint density at radius 3 is 2.33 bits per heavy atom. The van der Waals surface area contributed by atoms with Crippen molar-refractivity contribution in [3.8, 4) is 0 Å². The maximum atomic E-state index is 13.2. The molecule has 2 atom stereocenters. The van der Waals surface area contributed by atoms with Crippen molar-refractivity contribution in [1.82, 2.24) is 14.1 Å². The zero-order valence-electron chi connectivity index (χ0n) is 18.1. The number of hydrogen-bond acceptors (Lipinski definition) is 4. The number of sulfonamides is 1. The van der Waals surface area contributed by atoms with Crippen LogP contribution in [-0.2, 0) is 14.8 Å². The van der Waals surface area contributed by atoms with E-state index >= 15 is 0 Å². The molecule has 30 heavy (non-hydrogen) atoms. The molecule has 0 unspecified atom stereocenters. The van der Waals surface area contributed by atoms with Gasteiger partial charge < -0.3 is 9.80 Å². The van der Waals surface area contributed by atoms with Crippen LogP contribution in [-0.4, -0.2) is 73.2 Å². The number of benzene rings is 1. The van der Waals surface area contributed by atoms with Crippen molar-refractivity contribution >= 4 is 15.9 Å². The van der Waals surface area contributed by atoms with Gasteiger partial charge in [-0.2, -0.15) is 4.31 Å². The minimum atomic E-state index is -3.66. The molecule has 0 aliphatic carbocycles. The highest BCUT2D eigenvalue weighted by Gasteiger charge is 2.61. The molecule has 0 bridgehead atoms. The number of fused-ring (bicyclic) bond motifs is 2. The van der Waals surface area contributed by atoms with E-state index in [9.17, 15) is 17.6 Å². The molecule has 0 N–H and O–H groups in total. The Bertz CT molecular complexity index is 895. The third-order valence-electron chi connectivity index (χ3n) is 7.19. The first-order valence-corrected chi connectivity index (χ1v) is 12.4. The van der Waals surface area contributed by atoms with E-state index in [4.69, 9.17) is 0 Å². The summed E-state index contributed by atoms with van der Waals surface area (Å²) in [6.45, 7) is 10.6. The van der Waals surface area contributed by atoms with Gasteiger partial charge >= 0.3 is 0 Å². The Kier molecular flexibility index (Phi) is 5.70. The van der Waals surface area contributed by atoms with Crippen molar-refractivity contribution in [2.24, 2.45) is 17.8 Å². The molecule has 1 spiro atoms. The number of carbonyl (C=O) groups is 1. The van der Waals surface area contributed by atoms with Crippen LogP contribution in [0.15, 0.2) is 29.2 Å². The molecule has 3 aliphatic rings. The maximum absolute atomic E-state index is 13.2. The lowest BCUT2D eigenvalue weighted by molar-refractivity contribution is -0.135. The van der Waals surface area contributed by atoms with E-state index in [1.807, 2.05) is 11.8 Å². The third kappa shape index (κ3) is 3.46. The van der Waals surface area contributed by atoms with Gasteiger partial charge in [0.15, 0.2) is 0 Å². The molecule has 166 valence electrons. The molecule has 0 aromatic heterocycles. The van der Waals surface area contributed by atoms with Crippen molar-refractivity contribution in [3.05, 3.63) is 30.1 Å². The van der Waals surface area contributed by atoms with E-state index in [0.717, 1.165) is 19.6 Å². The largest absolute Gasteiger partial charge is 0.337 e. The van der Waals surface area contributed by atoms with Gasteiger partial charge in [0.05, 0.1) is 16.4 Å². The number of likely N-dealkylation sites (tertiary alicyclic amines) is 2. The molecule has 1 amide bonds. The standard InChI is InChI=1S/C22H32FN3O3S/c1-4-26-21(27)19-14-24(13-16(2)3)15-20(19)22(26)9-11-25(12-10-22)30(28,29)18-7-5-17(23)6-8-18/h5-8,16,19-20H,4,9-15H2,1-3H3/t19-,20+/m0/s1. The second kappa shape index (κ2) is 7.88. The van der Waals surface area contributed by atoms with E-state index in [2.05, 4.69) is 18.7 Å². The minimum Gasteiger partial charge on any atom is -0.337 e. The Labute approximate surface area is 179 Å². The van der Waals surface area contributed by atoms with Gasteiger partial charge in [0, 0.05) is 45.2 Å². The highest BCUT2D eigenvalue weighted by Crippen LogP contribution is 2.50. The fraction of sp³-hybridized carbons (Fsp3) is 0.682. The summed E-state index contributed by atoms with van der Waals surface area (Å²) in [7, 11) is -3.66. The molecule has 0 saturated carbocycles. The molecule has 3 fully saturated rings. The molecule has 3 saturated heterocycles. The molecule has 6 nitrogen and oxygen atoms in total. The first kappa shape index (κ1) is 21.7. The van der Waals surface area contributed by atoms with E-state index in [0.29, 0.717) is 38.4 Å². The quantitative estimate of drug-likeness (QED) is 0.710. The van der Waals surface area contributed by atoms with Crippen LogP contribution in [0, 0.1) is 23.6 Å². The fourth-order valence-corrected chi connectivity index (χ4v) is 7.39. The number of nitrogens with zero attached hydrogens (tertiary/aromatic N) is 3. The summed E-state index contributed by atoms with van der Waals surface area (Å²) in [5, 5.41) is 0. The molecule has 0 radical (unpaired) electrons. The molecule has 4 rings (SSSR count). The summed E-state index contributed by atoms with van der Waals surface area (Å²) in [6.07, 6.45) is 1.31. The summed E-state index contributed by atoms with van der Waals surface area (Å²) in [6, 6.07) is 5.00. The molecule has 8 heteroatoms. The normalized spacial score (nSPS) is 27.4. The SMILES string of the molecule is CCN1C(=O)[C@H]2CN(CC(C)C)C[C@H]2C12CCN(S(=O)(=O)c1ccc(F)cc1)CC2. The number of rotatable bonds is 5. The molecule has 1 aromatic rings. The van der Waals surface area contributed by atoms with Crippen LogP contribution in [0.5, 0.6) is 0 Å². The van der Waals surface area contributed by atoms with Crippen LogP contribution >= 0.6 is 0 Å². The highest BCUT2D eigenvalue weighted by molar-refractivity contribution is 7.89. The minimum absolute atomic E-state index is 0.0314. The summed E-state index contributed by atoms with van der Waals surface area (Å²) in [5.74, 6) is 0.639. The summed E-state index contributed by atoms with van der Waals surface area (Å²) >= 11 is 0. The third-order valence-corrected chi connectivity index (χ3v) is 9.10. The lowest BCUT2D eigenvalue weighted by Gasteiger charge is -2.47. The number of carbonyl (C=O) groups excluding carboxylic acids is 1. The summed E-state index contributed by atoms with van der Waals surface area (Å²) in [4.78, 5) is 17.8. The first-order chi connectivity index (χ1) is 14.2. The van der Waals surface area contributed by atoms with Gasteiger partial charge in [0.25, 0.3) is 0 Å². The van der Waals surface area contributed by atoms with E-state index in [-0.39, 0.29) is 28.2 Å². The molecular weight excluding hydrogens is 405 g/mol. The molecule has 3 heterocycles. The van der Waals surface area contributed by atoms with Crippen LogP contribution in [0.1, 0.15) is 33.6 Å². The first-order valence-electron chi connectivity index (χ1n) is 11.0. The Morgan fingerprint density at radius 1 is 1.13 bits per heavy atom. The van der Waals surface area contributed by atoms with Gasteiger partial charge in [-0.1, -0.05) is 13.8 Å². The van der Waals surface area contributed by atoms with Crippen LogP contribution in [0.3, 0.4) is 0 Å². The Hall–Kier alpha value is -1.51. The maximum Gasteiger partial charge on any atom is 0.243 e. The van der Waals surface area contributed by atoms with Crippen LogP contribution in [0.25, 0.3) is 0 Å². The number of amides is 1. The van der Waals surface area contributed by atoms with Crippen molar-refractivity contribution in [1.29, 1.82) is 0 Å². The van der Waals surface area contributed by atoms with Crippen molar-refractivity contribution in [3.63, 3.8) is 0 Å². The van der Waals surface area contributed by atoms with E-state index in [1.165, 1.54) is 28.6 Å². The van der Waals surface area contributed by atoms with Gasteiger partial charge in [-0.15, -0.1) is 0 Å². The number of hydrogen-bond donors (Lipinski definition) is 0. The highest BCUT2D eigenvalue weighted by atomic mass is 32.2. The van der Waals surface area contributed by atoms with Gasteiger partial charge in [-0.3, -0.25) is 4.79 Å². The second-order valence-electron chi connectivity index (χ2n) is 9.37. The van der Waals surface area contributed by atoms with Crippen molar-refractivity contribution in [2.75, 3.05) is 39.3 Å². The molecular formula is C22H32FN3O3S. The van der Waals surface area contributed by atoms with Crippen LogP contribution in [0.2, 0.25) is 0 Å². The molecule has 3 aliphatic heterocycles.